The molecule has 2 fully saturated rings. The van der Waals surface area contributed by atoms with Crippen LogP contribution in [0.2, 0.25) is 5.02 Å². The first kappa shape index (κ1) is 19.8. The molecule has 2 bridgehead atoms. The van der Waals surface area contributed by atoms with E-state index in [0.29, 0.717) is 43.0 Å². The Balaban J connectivity index is 1.19. The average Bonchev–Trinajstić information content (AvgIpc) is 3.39. The molecule has 7 nitrogen and oxygen atoms in total. The van der Waals surface area contributed by atoms with Gasteiger partial charge in [0.15, 0.2) is 5.96 Å². The van der Waals surface area contributed by atoms with Crippen molar-refractivity contribution in [3.63, 3.8) is 0 Å². The molecule has 1 saturated heterocycles. The first-order chi connectivity index (χ1) is 14.1. The van der Waals surface area contributed by atoms with Crippen molar-refractivity contribution in [3.05, 3.63) is 41.4 Å². The summed E-state index contributed by atoms with van der Waals surface area (Å²) in [7, 11) is 1.67. The number of nitrogens with zero attached hydrogens (tertiary/aromatic N) is 2. The van der Waals surface area contributed by atoms with E-state index >= 15 is 0 Å². The van der Waals surface area contributed by atoms with Crippen molar-refractivity contribution in [3.8, 4) is 5.75 Å². The molecular formula is C21H25ClN4O3. The van der Waals surface area contributed by atoms with Gasteiger partial charge in [-0.1, -0.05) is 29.8 Å². The Kier molecular flexibility index (Phi) is 5.76. The fraction of sp³-hybridized carbons (Fsp3) is 0.476. The van der Waals surface area contributed by atoms with Gasteiger partial charge in [-0.05, 0) is 36.5 Å². The van der Waals surface area contributed by atoms with E-state index in [1.807, 2.05) is 12.1 Å². The number of aliphatic imine (C=N–C) groups is 1. The zero-order valence-corrected chi connectivity index (χ0v) is 17.1. The van der Waals surface area contributed by atoms with Crippen LogP contribution in [-0.2, 0) is 9.59 Å². The minimum Gasteiger partial charge on any atom is -0.492 e. The highest BCUT2D eigenvalue weighted by molar-refractivity contribution is 6.30. The summed E-state index contributed by atoms with van der Waals surface area (Å²) in [4.78, 5) is 30.9. The van der Waals surface area contributed by atoms with Crippen molar-refractivity contribution >= 4 is 29.4 Å². The van der Waals surface area contributed by atoms with Crippen LogP contribution in [0, 0.1) is 23.7 Å². The number of imide groups is 1. The zero-order chi connectivity index (χ0) is 20.4. The van der Waals surface area contributed by atoms with Crippen LogP contribution < -0.4 is 15.4 Å². The zero-order valence-electron chi connectivity index (χ0n) is 16.3. The van der Waals surface area contributed by atoms with Crippen LogP contribution in [0.1, 0.15) is 6.42 Å². The maximum absolute atomic E-state index is 12.7. The summed E-state index contributed by atoms with van der Waals surface area (Å²) in [6, 6.07) is 7.24. The van der Waals surface area contributed by atoms with Crippen molar-refractivity contribution in [2.75, 3.05) is 33.3 Å². The van der Waals surface area contributed by atoms with Crippen molar-refractivity contribution in [1.29, 1.82) is 0 Å². The maximum Gasteiger partial charge on any atom is 0.233 e. The minimum absolute atomic E-state index is 0.0171. The number of hydrogen-bond acceptors (Lipinski definition) is 4. The molecule has 4 rings (SSSR count). The molecule has 0 radical (unpaired) electrons. The number of likely N-dealkylation sites (tertiary alicyclic amines) is 1. The smallest absolute Gasteiger partial charge is 0.233 e. The molecule has 1 aromatic carbocycles. The topological polar surface area (TPSA) is 83.0 Å². The molecule has 29 heavy (non-hydrogen) atoms. The monoisotopic (exact) mass is 416 g/mol. The SMILES string of the molecule is CN=C(NCCOc1cccc(Cl)c1)NCCN1C(=O)C2C3C=CC(C3)C2C1=O. The minimum atomic E-state index is -0.140. The van der Waals surface area contributed by atoms with Gasteiger partial charge in [-0.2, -0.15) is 0 Å². The number of benzene rings is 1. The molecule has 2 N–H and O–H groups in total. The second kappa shape index (κ2) is 8.45. The highest BCUT2D eigenvalue weighted by Gasteiger charge is 2.58. The Morgan fingerprint density at radius 3 is 2.52 bits per heavy atom. The second-order valence-corrected chi connectivity index (χ2v) is 8.00. The lowest BCUT2D eigenvalue weighted by atomic mass is 9.85. The Morgan fingerprint density at radius 2 is 1.86 bits per heavy atom. The Morgan fingerprint density at radius 1 is 1.17 bits per heavy atom. The molecule has 1 aromatic rings. The van der Waals surface area contributed by atoms with Crippen LogP contribution in [0.5, 0.6) is 5.75 Å². The highest BCUT2D eigenvalue weighted by atomic mass is 35.5. The molecule has 3 aliphatic rings. The summed E-state index contributed by atoms with van der Waals surface area (Å²) in [6.07, 6.45) is 5.17. The average molecular weight is 417 g/mol. The van der Waals surface area contributed by atoms with Gasteiger partial charge in [-0.15, -0.1) is 0 Å². The third-order valence-corrected chi connectivity index (χ3v) is 6.11. The summed E-state index contributed by atoms with van der Waals surface area (Å²) < 4.78 is 5.63. The number of allylic oxidation sites excluding steroid dienone is 2. The third kappa shape index (κ3) is 3.96. The fourth-order valence-corrected chi connectivity index (χ4v) is 4.77. The lowest BCUT2D eigenvalue weighted by molar-refractivity contribution is -0.140. The predicted octanol–water partition coefficient (Wildman–Crippen LogP) is 1.69. The van der Waals surface area contributed by atoms with Gasteiger partial charge in [0.1, 0.15) is 12.4 Å². The molecule has 2 aliphatic carbocycles. The van der Waals surface area contributed by atoms with E-state index in [0.717, 1.165) is 6.42 Å². The van der Waals surface area contributed by atoms with Crippen LogP contribution in [0.3, 0.4) is 0 Å². The Labute approximate surface area is 175 Å². The molecule has 0 aromatic heterocycles. The predicted molar refractivity (Wildman–Crippen MR) is 111 cm³/mol. The fourth-order valence-electron chi connectivity index (χ4n) is 4.59. The van der Waals surface area contributed by atoms with E-state index in [2.05, 4.69) is 27.8 Å². The summed E-state index contributed by atoms with van der Waals surface area (Å²) in [5.74, 6) is 1.48. The maximum atomic E-state index is 12.7. The normalized spacial score (nSPS) is 27.5. The van der Waals surface area contributed by atoms with Crippen molar-refractivity contribution in [1.82, 2.24) is 15.5 Å². The Bertz CT molecular complexity index is 826. The van der Waals surface area contributed by atoms with Crippen molar-refractivity contribution in [2.24, 2.45) is 28.7 Å². The van der Waals surface area contributed by atoms with Crippen LogP contribution in [0.15, 0.2) is 41.4 Å². The molecule has 1 aliphatic heterocycles. The number of ether oxygens (including phenoxy) is 1. The number of fused-ring (bicyclic) bond motifs is 5. The van der Waals surface area contributed by atoms with E-state index in [-0.39, 0.29) is 35.5 Å². The van der Waals surface area contributed by atoms with Gasteiger partial charge in [0.2, 0.25) is 11.8 Å². The van der Waals surface area contributed by atoms with Crippen LogP contribution in [0.25, 0.3) is 0 Å². The van der Waals surface area contributed by atoms with Crippen LogP contribution >= 0.6 is 11.6 Å². The standard InChI is InChI=1S/C21H25ClN4O3/c1-23-21(25-8-10-29-16-4-2-3-15(22)12-16)24-7-9-26-19(27)17-13-5-6-14(11-13)18(17)20(26)28/h2-6,12-14,17-18H,7-11H2,1H3,(H2,23,24,25). The van der Waals surface area contributed by atoms with Gasteiger partial charge in [-0.3, -0.25) is 19.5 Å². The highest BCUT2D eigenvalue weighted by Crippen LogP contribution is 2.52. The van der Waals surface area contributed by atoms with Gasteiger partial charge in [0.25, 0.3) is 0 Å². The summed E-state index contributed by atoms with van der Waals surface area (Å²) in [6.45, 7) is 1.80. The number of amides is 2. The number of rotatable bonds is 7. The largest absolute Gasteiger partial charge is 0.492 e. The van der Waals surface area contributed by atoms with E-state index < -0.39 is 0 Å². The van der Waals surface area contributed by atoms with Gasteiger partial charge in [0.05, 0.1) is 18.4 Å². The lowest BCUT2D eigenvalue weighted by Gasteiger charge is -2.18. The number of nitrogens with one attached hydrogen (secondary N) is 2. The number of carbonyl (C=O) groups is 2. The number of guanidine groups is 1. The van der Waals surface area contributed by atoms with Gasteiger partial charge in [-0.25, -0.2) is 0 Å². The van der Waals surface area contributed by atoms with E-state index in [9.17, 15) is 9.59 Å². The molecule has 154 valence electrons. The van der Waals surface area contributed by atoms with E-state index in [4.69, 9.17) is 16.3 Å². The van der Waals surface area contributed by atoms with Gasteiger partial charge in [0, 0.05) is 25.2 Å². The van der Waals surface area contributed by atoms with Crippen LogP contribution in [0.4, 0.5) is 0 Å². The molecule has 4 atom stereocenters. The summed E-state index contributed by atoms with van der Waals surface area (Å²) >= 11 is 5.93. The van der Waals surface area contributed by atoms with E-state index in [1.54, 1.807) is 19.2 Å². The molecule has 4 unspecified atom stereocenters. The molecule has 8 heteroatoms. The van der Waals surface area contributed by atoms with E-state index in [1.165, 1.54) is 4.90 Å². The van der Waals surface area contributed by atoms with Crippen molar-refractivity contribution < 1.29 is 14.3 Å². The van der Waals surface area contributed by atoms with Gasteiger partial charge < -0.3 is 15.4 Å². The van der Waals surface area contributed by atoms with Gasteiger partial charge >= 0.3 is 0 Å². The summed E-state index contributed by atoms with van der Waals surface area (Å²) in [5, 5.41) is 6.93. The lowest BCUT2D eigenvalue weighted by Crippen LogP contribution is -2.44. The van der Waals surface area contributed by atoms with Crippen LogP contribution in [-0.4, -0.2) is 56.0 Å². The molecule has 1 heterocycles. The second-order valence-electron chi connectivity index (χ2n) is 7.56. The number of hydrogen-bond donors (Lipinski definition) is 2. The molecule has 2 amide bonds. The first-order valence-corrected chi connectivity index (χ1v) is 10.3. The quantitative estimate of drug-likeness (QED) is 0.232. The first-order valence-electron chi connectivity index (χ1n) is 9.95. The Hall–Kier alpha value is -2.54. The number of carbonyl (C=O) groups excluding carboxylic acids is 2. The molecule has 1 saturated carbocycles. The van der Waals surface area contributed by atoms with Crippen molar-refractivity contribution in [2.45, 2.75) is 6.42 Å². The summed E-state index contributed by atoms with van der Waals surface area (Å²) in [5.41, 5.74) is 0. The molecule has 0 spiro atoms. The number of halogens is 1. The molecular weight excluding hydrogens is 392 g/mol. The third-order valence-electron chi connectivity index (χ3n) is 5.87.